The second-order valence-corrected chi connectivity index (χ2v) is 5.04. The Balaban J connectivity index is 2.09. The van der Waals surface area contributed by atoms with Crippen LogP contribution < -0.4 is 10.2 Å². The number of esters is 1. The minimum absolute atomic E-state index is 0.155. The number of nitrogens with one attached hydrogen (secondary N) is 1. The molecule has 0 spiro atoms. The Bertz CT molecular complexity index is 448. The summed E-state index contributed by atoms with van der Waals surface area (Å²) in [6, 6.07) is 8.20. The fourth-order valence-electron chi connectivity index (χ4n) is 2.73. The number of nitrogens with zero attached hydrogens (tertiary/aromatic N) is 1. The zero-order chi connectivity index (χ0) is 14.4. The summed E-state index contributed by atoms with van der Waals surface area (Å²) in [4.78, 5) is 14.3. The molecule has 0 aliphatic carbocycles. The SMILES string of the molecule is CCNC(CN1CCCc2ccccc21)C(=O)OCC. The van der Waals surface area contributed by atoms with Crippen LogP contribution in [0.1, 0.15) is 25.8 Å². The van der Waals surface area contributed by atoms with Crippen molar-refractivity contribution >= 4 is 11.7 Å². The van der Waals surface area contributed by atoms with Crippen LogP contribution in [-0.2, 0) is 16.0 Å². The van der Waals surface area contributed by atoms with Crippen LogP contribution in [0.4, 0.5) is 5.69 Å². The lowest BCUT2D eigenvalue weighted by atomic mass is 10.0. The van der Waals surface area contributed by atoms with Crippen molar-refractivity contribution < 1.29 is 9.53 Å². The third-order valence-electron chi connectivity index (χ3n) is 3.63. The molecule has 4 heteroatoms. The lowest BCUT2D eigenvalue weighted by Gasteiger charge is -2.33. The molecule has 1 aliphatic rings. The van der Waals surface area contributed by atoms with Crippen LogP contribution in [0.25, 0.3) is 0 Å². The van der Waals surface area contributed by atoms with Gasteiger partial charge in [-0.1, -0.05) is 25.1 Å². The predicted octanol–water partition coefficient (Wildman–Crippen LogP) is 1.98. The fraction of sp³-hybridized carbons (Fsp3) is 0.562. The summed E-state index contributed by atoms with van der Waals surface area (Å²) in [7, 11) is 0. The Morgan fingerprint density at radius 1 is 1.40 bits per heavy atom. The van der Waals surface area contributed by atoms with Gasteiger partial charge < -0.3 is 15.0 Å². The fourth-order valence-corrected chi connectivity index (χ4v) is 2.73. The van der Waals surface area contributed by atoms with E-state index in [1.807, 2.05) is 13.8 Å². The van der Waals surface area contributed by atoms with Gasteiger partial charge in [0.25, 0.3) is 0 Å². The Hall–Kier alpha value is -1.55. The zero-order valence-corrected chi connectivity index (χ0v) is 12.4. The molecule has 4 nitrogen and oxygen atoms in total. The number of aryl methyl sites for hydroxylation is 1. The first kappa shape index (κ1) is 14.9. The van der Waals surface area contributed by atoms with Gasteiger partial charge in [0.05, 0.1) is 6.61 Å². The third kappa shape index (κ3) is 3.51. The summed E-state index contributed by atoms with van der Waals surface area (Å²) in [6.07, 6.45) is 2.26. The predicted molar refractivity (Wildman–Crippen MR) is 81.1 cm³/mol. The Morgan fingerprint density at radius 3 is 2.95 bits per heavy atom. The van der Waals surface area contributed by atoms with Gasteiger partial charge in [-0.05, 0) is 37.9 Å². The molecule has 1 aromatic carbocycles. The number of rotatable bonds is 6. The standard InChI is InChI=1S/C16H24N2O2/c1-3-17-14(16(19)20-4-2)12-18-11-7-9-13-8-5-6-10-15(13)18/h5-6,8,10,14,17H,3-4,7,9,11-12H2,1-2H3. The van der Waals surface area contributed by atoms with E-state index >= 15 is 0 Å². The van der Waals surface area contributed by atoms with Gasteiger partial charge in [0.15, 0.2) is 0 Å². The van der Waals surface area contributed by atoms with E-state index in [1.165, 1.54) is 11.3 Å². The average Bonchev–Trinajstić information content (AvgIpc) is 2.47. The number of carbonyl (C=O) groups is 1. The van der Waals surface area contributed by atoms with Crippen molar-refractivity contribution in [3.05, 3.63) is 29.8 Å². The van der Waals surface area contributed by atoms with Crippen molar-refractivity contribution in [3.8, 4) is 0 Å². The van der Waals surface area contributed by atoms with Crippen molar-refractivity contribution in [1.82, 2.24) is 5.32 Å². The molecular weight excluding hydrogens is 252 g/mol. The molecule has 1 N–H and O–H groups in total. The number of benzene rings is 1. The largest absolute Gasteiger partial charge is 0.465 e. The van der Waals surface area contributed by atoms with Crippen LogP contribution >= 0.6 is 0 Å². The summed E-state index contributed by atoms with van der Waals surface area (Å²) >= 11 is 0. The maximum atomic E-state index is 12.0. The summed E-state index contributed by atoms with van der Waals surface area (Å²) < 4.78 is 5.16. The molecule has 1 aliphatic heterocycles. The first-order valence-corrected chi connectivity index (χ1v) is 7.49. The van der Waals surface area contributed by atoms with Gasteiger partial charge >= 0.3 is 5.97 Å². The van der Waals surface area contributed by atoms with Crippen LogP contribution in [0.3, 0.4) is 0 Å². The van der Waals surface area contributed by atoms with Crippen molar-refractivity contribution in [1.29, 1.82) is 0 Å². The molecule has 1 heterocycles. The average molecular weight is 276 g/mol. The van der Waals surface area contributed by atoms with Crippen molar-refractivity contribution in [2.75, 3.05) is 31.1 Å². The number of para-hydroxylation sites is 1. The molecule has 1 atom stereocenters. The van der Waals surface area contributed by atoms with E-state index in [-0.39, 0.29) is 12.0 Å². The Morgan fingerprint density at radius 2 is 2.20 bits per heavy atom. The molecule has 0 saturated carbocycles. The van der Waals surface area contributed by atoms with E-state index in [4.69, 9.17) is 4.74 Å². The highest BCUT2D eigenvalue weighted by Gasteiger charge is 2.24. The van der Waals surface area contributed by atoms with E-state index in [9.17, 15) is 4.79 Å². The summed E-state index contributed by atoms with van der Waals surface area (Å²) in [6.45, 7) is 6.71. The second-order valence-electron chi connectivity index (χ2n) is 5.04. The van der Waals surface area contributed by atoms with Gasteiger partial charge in [-0.15, -0.1) is 0 Å². The molecule has 0 saturated heterocycles. The van der Waals surface area contributed by atoms with Gasteiger partial charge in [0.2, 0.25) is 0 Å². The first-order valence-electron chi connectivity index (χ1n) is 7.49. The van der Waals surface area contributed by atoms with Crippen molar-refractivity contribution in [2.45, 2.75) is 32.7 Å². The number of likely N-dealkylation sites (N-methyl/N-ethyl adjacent to an activating group) is 1. The molecule has 0 fully saturated rings. The lowest BCUT2D eigenvalue weighted by molar-refractivity contribution is -0.145. The second kappa shape index (κ2) is 7.29. The van der Waals surface area contributed by atoms with Gasteiger partial charge in [-0.2, -0.15) is 0 Å². The number of anilines is 1. The number of hydrogen-bond acceptors (Lipinski definition) is 4. The summed E-state index contributed by atoms with van der Waals surface area (Å²) in [5, 5.41) is 3.23. The number of fused-ring (bicyclic) bond motifs is 1. The van der Waals surface area contributed by atoms with Gasteiger partial charge in [0, 0.05) is 18.8 Å². The van der Waals surface area contributed by atoms with Crippen molar-refractivity contribution in [2.24, 2.45) is 0 Å². The highest BCUT2D eigenvalue weighted by atomic mass is 16.5. The molecule has 20 heavy (non-hydrogen) atoms. The monoisotopic (exact) mass is 276 g/mol. The molecule has 0 aromatic heterocycles. The molecule has 1 aromatic rings. The van der Waals surface area contributed by atoms with Crippen LogP contribution in [0.5, 0.6) is 0 Å². The number of hydrogen-bond donors (Lipinski definition) is 1. The third-order valence-corrected chi connectivity index (χ3v) is 3.63. The van der Waals surface area contributed by atoms with Crippen LogP contribution in [0, 0.1) is 0 Å². The van der Waals surface area contributed by atoms with Crippen LogP contribution in [-0.4, -0.2) is 38.3 Å². The van der Waals surface area contributed by atoms with Crippen molar-refractivity contribution in [3.63, 3.8) is 0 Å². The molecule has 0 radical (unpaired) electrons. The highest BCUT2D eigenvalue weighted by Crippen LogP contribution is 2.26. The maximum Gasteiger partial charge on any atom is 0.324 e. The Labute approximate surface area is 121 Å². The van der Waals surface area contributed by atoms with E-state index in [0.29, 0.717) is 13.2 Å². The minimum Gasteiger partial charge on any atom is -0.465 e. The lowest BCUT2D eigenvalue weighted by Crippen LogP contribution is -2.48. The van der Waals surface area contributed by atoms with E-state index in [2.05, 4.69) is 34.5 Å². The first-order chi connectivity index (χ1) is 9.76. The minimum atomic E-state index is -0.258. The van der Waals surface area contributed by atoms with Crippen LogP contribution in [0.15, 0.2) is 24.3 Å². The molecular formula is C16H24N2O2. The van der Waals surface area contributed by atoms with E-state index < -0.39 is 0 Å². The highest BCUT2D eigenvalue weighted by molar-refractivity contribution is 5.77. The molecule has 110 valence electrons. The molecule has 2 rings (SSSR count). The smallest absolute Gasteiger partial charge is 0.324 e. The quantitative estimate of drug-likeness (QED) is 0.807. The van der Waals surface area contributed by atoms with Gasteiger partial charge in [-0.25, -0.2) is 0 Å². The zero-order valence-electron chi connectivity index (χ0n) is 12.4. The summed E-state index contributed by atoms with van der Waals surface area (Å²) in [5.74, 6) is -0.155. The molecule has 0 amide bonds. The number of carbonyl (C=O) groups excluding carboxylic acids is 1. The van der Waals surface area contributed by atoms with E-state index in [0.717, 1.165) is 25.9 Å². The van der Waals surface area contributed by atoms with Gasteiger partial charge in [-0.3, -0.25) is 4.79 Å². The normalized spacial score (nSPS) is 15.6. The van der Waals surface area contributed by atoms with E-state index in [1.54, 1.807) is 0 Å². The Kier molecular flexibility index (Phi) is 5.41. The summed E-state index contributed by atoms with van der Waals surface area (Å²) in [5.41, 5.74) is 2.63. The molecule has 1 unspecified atom stereocenters. The topological polar surface area (TPSA) is 41.6 Å². The van der Waals surface area contributed by atoms with Crippen LogP contribution in [0.2, 0.25) is 0 Å². The maximum absolute atomic E-state index is 12.0. The van der Waals surface area contributed by atoms with Gasteiger partial charge in [0.1, 0.15) is 6.04 Å². The molecule has 0 bridgehead atoms. The number of ether oxygens (including phenoxy) is 1.